The lowest BCUT2D eigenvalue weighted by Crippen LogP contribution is -2.45. The molecule has 0 saturated heterocycles. The van der Waals surface area contributed by atoms with Crippen molar-refractivity contribution in [1.82, 2.24) is 5.32 Å². The molecule has 3 rings (SSSR count). The number of carbonyl (C=O) groups is 1. The molecule has 2 atom stereocenters. The molecule has 0 amide bonds. The van der Waals surface area contributed by atoms with Crippen molar-refractivity contribution in [3.8, 4) is 0 Å². The molecule has 0 fully saturated rings. The second kappa shape index (κ2) is 12.6. The maximum atomic E-state index is 14.2. The first-order valence-electron chi connectivity index (χ1n) is 12.8. The zero-order valence-electron chi connectivity index (χ0n) is 22.1. The summed E-state index contributed by atoms with van der Waals surface area (Å²) in [5, 5.41) is 14.1. The van der Waals surface area contributed by atoms with E-state index in [9.17, 15) is 14.3 Å². The van der Waals surface area contributed by atoms with E-state index in [0.717, 1.165) is 24.8 Å². The summed E-state index contributed by atoms with van der Waals surface area (Å²) in [6.45, 7) is 10.4. The predicted molar refractivity (Wildman–Crippen MR) is 141 cm³/mol. The molecule has 1 aliphatic carbocycles. The number of β-amino-alcohol motifs (C(OH)–C–C–N with tert-alkyl or cyclic N) is 1. The van der Waals surface area contributed by atoms with Crippen LogP contribution in [0.15, 0.2) is 42.5 Å². The van der Waals surface area contributed by atoms with E-state index in [-0.39, 0.29) is 24.6 Å². The molecule has 0 heterocycles. The summed E-state index contributed by atoms with van der Waals surface area (Å²) < 4.78 is 25.1. The number of carbonyl (C=O) groups excluding carboxylic acids is 1. The van der Waals surface area contributed by atoms with Gasteiger partial charge < -0.3 is 19.9 Å². The Bertz CT molecular complexity index is 1040. The molecule has 36 heavy (non-hydrogen) atoms. The standard InChI is InChI=1S/C30H40FNO4/c1-6-35-29(34)14-12-26-20(2)28(31)13-11-27(26)21(3)36-19-25(33)18-32-30(4,5)17-22-15-23-9-7-8-10-24(23)16-22/h7-14,21-22,25,32-33H,6,15-19H2,1-5H3/b14-12+/t21-,25-/m1/s1. The van der Waals surface area contributed by atoms with Gasteiger partial charge in [0.2, 0.25) is 0 Å². The van der Waals surface area contributed by atoms with Gasteiger partial charge in [0.05, 0.1) is 25.4 Å². The molecule has 0 aliphatic heterocycles. The lowest BCUT2D eigenvalue weighted by Gasteiger charge is -2.31. The fourth-order valence-corrected chi connectivity index (χ4v) is 5.03. The third kappa shape index (κ3) is 7.73. The average molecular weight is 498 g/mol. The number of hydrogen-bond donors (Lipinski definition) is 2. The molecule has 0 radical (unpaired) electrons. The Kier molecular flexibility index (Phi) is 9.83. The minimum absolute atomic E-state index is 0.113. The van der Waals surface area contributed by atoms with Crippen LogP contribution in [0.25, 0.3) is 6.08 Å². The van der Waals surface area contributed by atoms with Gasteiger partial charge in [-0.1, -0.05) is 30.3 Å². The second-order valence-electron chi connectivity index (χ2n) is 10.4. The normalized spacial score (nSPS) is 15.8. The van der Waals surface area contributed by atoms with E-state index in [1.165, 1.54) is 23.3 Å². The van der Waals surface area contributed by atoms with Crippen LogP contribution in [0, 0.1) is 18.7 Å². The Hall–Kier alpha value is -2.54. The van der Waals surface area contributed by atoms with Crippen LogP contribution < -0.4 is 5.32 Å². The fraction of sp³-hybridized carbons (Fsp3) is 0.500. The molecule has 0 aromatic heterocycles. The maximum Gasteiger partial charge on any atom is 0.330 e. The highest BCUT2D eigenvalue weighted by atomic mass is 19.1. The van der Waals surface area contributed by atoms with Gasteiger partial charge in [0.25, 0.3) is 0 Å². The van der Waals surface area contributed by atoms with E-state index in [4.69, 9.17) is 9.47 Å². The molecule has 0 unspecified atom stereocenters. The number of halogens is 1. The number of hydrogen-bond acceptors (Lipinski definition) is 5. The summed E-state index contributed by atoms with van der Waals surface area (Å²) in [5.41, 5.74) is 4.55. The van der Waals surface area contributed by atoms with Gasteiger partial charge in [-0.15, -0.1) is 0 Å². The topological polar surface area (TPSA) is 67.8 Å². The van der Waals surface area contributed by atoms with Crippen LogP contribution in [0.3, 0.4) is 0 Å². The van der Waals surface area contributed by atoms with Crippen LogP contribution in [0.1, 0.15) is 68.0 Å². The zero-order chi connectivity index (χ0) is 26.3. The first-order chi connectivity index (χ1) is 17.1. The van der Waals surface area contributed by atoms with Crippen molar-refractivity contribution < 1.29 is 23.8 Å². The Labute approximate surface area is 214 Å². The lowest BCUT2D eigenvalue weighted by atomic mass is 9.88. The molecule has 6 heteroatoms. The highest BCUT2D eigenvalue weighted by molar-refractivity contribution is 5.87. The quantitative estimate of drug-likeness (QED) is 0.307. The molecule has 1 aliphatic rings. The molecule has 5 nitrogen and oxygen atoms in total. The van der Waals surface area contributed by atoms with Gasteiger partial charge in [-0.3, -0.25) is 0 Å². The summed E-state index contributed by atoms with van der Waals surface area (Å²) in [6.07, 6.45) is 5.01. The molecule has 196 valence electrons. The van der Waals surface area contributed by atoms with Crippen molar-refractivity contribution in [1.29, 1.82) is 0 Å². The van der Waals surface area contributed by atoms with Crippen LogP contribution in [-0.4, -0.2) is 42.5 Å². The van der Waals surface area contributed by atoms with Gasteiger partial charge in [0.1, 0.15) is 5.82 Å². The van der Waals surface area contributed by atoms with Gasteiger partial charge in [0.15, 0.2) is 0 Å². The SMILES string of the molecule is CCOC(=O)/C=C/c1c([C@@H](C)OC[C@H](O)CNC(C)(C)CC2Cc3ccccc3C2)ccc(F)c1C. The highest BCUT2D eigenvalue weighted by Crippen LogP contribution is 2.32. The third-order valence-corrected chi connectivity index (χ3v) is 6.88. The third-order valence-electron chi connectivity index (χ3n) is 6.88. The number of rotatable bonds is 12. The van der Waals surface area contributed by atoms with Crippen LogP contribution in [0.2, 0.25) is 0 Å². The molecular weight excluding hydrogens is 457 g/mol. The first kappa shape index (κ1) is 28.0. The van der Waals surface area contributed by atoms with Crippen molar-refractivity contribution >= 4 is 12.0 Å². The number of benzene rings is 2. The lowest BCUT2D eigenvalue weighted by molar-refractivity contribution is -0.137. The summed E-state index contributed by atoms with van der Waals surface area (Å²) in [6, 6.07) is 11.7. The number of aliphatic hydroxyl groups excluding tert-OH is 1. The van der Waals surface area contributed by atoms with Crippen molar-refractivity contribution in [2.24, 2.45) is 5.92 Å². The van der Waals surface area contributed by atoms with E-state index in [2.05, 4.69) is 43.4 Å². The first-order valence-corrected chi connectivity index (χ1v) is 12.8. The van der Waals surface area contributed by atoms with Gasteiger partial charge in [-0.05, 0) is 99.8 Å². The van der Waals surface area contributed by atoms with Gasteiger partial charge >= 0.3 is 5.97 Å². The number of esters is 1. The molecule has 0 spiro atoms. The summed E-state index contributed by atoms with van der Waals surface area (Å²) in [5.74, 6) is -0.237. The second-order valence-corrected chi connectivity index (χ2v) is 10.4. The van der Waals surface area contributed by atoms with Gasteiger partial charge in [0, 0.05) is 18.2 Å². The summed E-state index contributed by atoms with van der Waals surface area (Å²) in [4.78, 5) is 11.8. The zero-order valence-corrected chi connectivity index (χ0v) is 22.1. The van der Waals surface area contributed by atoms with Gasteiger partial charge in [-0.2, -0.15) is 0 Å². The summed E-state index contributed by atoms with van der Waals surface area (Å²) in [7, 11) is 0. The molecule has 2 aromatic carbocycles. The largest absolute Gasteiger partial charge is 0.463 e. The van der Waals surface area contributed by atoms with Gasteiger partial charge in [-0.25, -0.2) is 9.18 Å². The predicted octanol–water partition coefficient (Wildman–Crippen LogP) is 5.32. The van der Waals surface area contributed by atoms with Crippen LogP contribution in [-0.2, 0) is 27.1 Å². The van der Waals surface area contributed by atoms with E-state index in [1.54, 1.807) is 26.0 Å². The van der Waals surface area contributed by atoms with E-state index in [0.29, 0.717) is 23.6 Å². The highest BCUT2D eigenvalue weighted by Gasteiger charge is 2.28. The van der Waals surface area contributed by atoms with Crippen LogP contribution >= 0.6 is 0 Å². The van der Waals surface area contributed by atoms with Crippen molar-refractivity contribution in [2.45, 2.75) is 71.6 Å². The Morgan fingerprint density at radius 3 is 2.53 bits per heavy atom. The minimum Gasteiger partial charge on any atom is -0.463 e. The molecule has 2 aromatic rings. The Morgan fingerprint density at radius 1 is 1.22 bits per heavy atom. The Morgan fingerprint density at radius 2 is 1.89 bits per heavy atom. The maximum absolute atomic E-state index is 14.2. The number of fused-ring (bicyclic) bond motifs is 1. The van der Waals surface area contributed by atoms with Crippen LogP contribution in [0.4, 0.5) is 4.39 Å². The number of nitrogens with one attached hydrogen (secondary N) is 1. The molecular formula is C30H40FNO4. The van der Waals surface area contributed by atoms with Crippen molar-refractivity contribution in [3.63, 3.8) is 0 Å². The number of ether oxygens (including phenoxy) is 2. The average Bonchev–Trinajstić information content (AvgIpc) is 3.23. The summed E-state index contributed by atoms with van der Waals surface area (Å²) >= 11 is 0. The van der Waals surface area contributed by atoms with E-state index >= 15 is 0 Å². The van der Waals surface area contributed by atoms with E-state index in [1.807, 2.05) is 6.92 Å². The molecule has 0 saturated carbocycles. The van der Waals surface area contributed by atoms with E-state index < -0.39 is 18.2 Å². The smallest absolute Gasteiger partial charge is 0.330 e. The monoisotopic (exact) mass is 497 g/mol. The number of aliphatic hydroxyl groups is 1. The Balaban J connectivity index is 1.51. The van der Waals surface area contributed by atoms with Crippen molar-refractivity contribution in [2.75, 3.05) is 19.8 Å². The molecule has 2 N–H and O–H groups in total. The fourth-order valence-electron chi connectivity index (χ4n) is 5.03. The molecule has 0 bridgehead atoms. The van der Waals surface area contributed by atoms with Crippen molar-refractivity contribution in [3.05, 3.63) is 76.1 Å². The minimum atomic E-state index is -0.687. The van der Waals surface area contributed by atoms with Crippen LogP contribution in [0.5, 0.6) is 0 Å².